The Morgan fingerprint density at radius 1 is 1.38 bits per heavy atom. The van der Waals surface area contributed by atoms with E-state index in [2.05, 4.69) is 24.0 Å². The van der Waals surface area contributed by atoms with Crippen LogP contribution in [0.25, 0.3) is 0 Å². The van der Waals surface area contributed by atoms with Crippen LogP contribution < -0.4 is 10.6 Å². The molecule has 0 bridgehead atoms. The van der Waals surface area contributed by atoms with Crippen molar-refractivity contribution >= 4 is 17.7 Å². The number of esters is 1. The van der Waals surface area contributed by atoms with Crippen LogP contribution >= 0.6 is 11.8 Å². The molecule has 1 aromatic carbocycles. The Kier molecular flexibility index (Phi) is 4.94. The van der Waals surface area contributed by atoms with Gasteiger partial charge in [0.05, 0.1) is 6.61 Å². The second kappa shape index (κ2) is 7.12. The maximum absolute atomic E-state index is 11.5. The lowest BCUT2D eigenvalue weighted by Crippen LogP contribution is -2.18. The van der Waals surface area contributed by atoms with Gasteiger partial charge in [0.2, 0.25) is 5.16 Å². The SMILES string of the molecule is CC(C)c1ccc(OCc2nnc(S[C@H]3CCOC3=O)n2N)cc1. The lowest BCUT2D eigenvalue weighted by molar-refractivity contribution is -0.137. The lowest BCUT2D eigenvalue weighted by atomic mass is 10.0. The first-order valence-corrected chi connectivity index (χ1v) is 8.68. The summed E-state index contributed by atoms with van der Waals surface area (Å²) < 4.78 is 12.0. The van der Waals surface area contributed by atoms with E-state index in [1.165, 1.54) is 22.0 Å². The number of nitrogens with zero attached hydrogens (tertiary/aromatic N) is 3. The van der Waals surface area contributed by atoms with E-state index in [0.717, 1.165) is 5.75 Å². The molecule has 1 aromatic heterocycles. The molecule has 8 heteroatoms. The fourth-order valence-electron chi connectivity index (χ4n) is 2.29. The number of hydrogen-bond donors (Lipinski definition) is 1. The molecule has 1 fully saturated rings. The van der Waals surface area contributed by atoms with Gasteiger partial charge in [0.1, 0.15) is 17.6 Å². The van der Waals surface area contributed by atoms with Crippen molar-refractivity contribution in [2.75, 3.05) is 12.4 Å². The van der Waals surface area contributed by atoms with Crippen LogP contribution in [0.5, 0.6) is 5.75 Å². The molecule has 2 heterocycles. The van der Waals surface area contributed by atoms with Gasteiger partial charge in [-0.3, -0.25) is 4.79 Å². The Balaban J connectivity index is 1.60. The molecular formula is C16H20N4O3S. The average Bonchev–Trinajstić information content (AvgIpc) is 3.13. The second-order valence-corrected chi connectivity index (χ2v) is 7.01. The molecule has 1 aliphatic rings. The number of ether oxygens (including phenoxy) is 2. The highest BCUT2D eigenvalue weighted by Gasteiger charge is 2.29. The largest absolute Gasteiger partial charge is 0.486 e. The Labute approximate surface area is 144 Å². The van der Waals surface area contributed by atoms with Crippen molar-refractivity contribution in [3.8, 4) is 5.75 Å². The van der Waals surface area contributed by atoms with Crippen molar-refractivity contribution in [3.05, 3.63) is 35.7 Å². The van der Waals surface area contributed by atoms with Crippen LogP contribution in [0.15, 0.2) is 29.4 Å². The third kappa shape index (κ3) is 3.64. The minimum absolute atomic E-state index is 0.209. The monoisotopic (exact) mass is 348 g/mol. The van der Waals surface area contributed by atoms with Crippen molar-refractivity contribution in [1.29, 1.82) is 0 Å². The zero-order valence-electron chi connectivity index (χ0n) is 13.6. The molecule has 0 unspecified atom stereocenters. The molecule has 0 spiro atoms. The summed E-state index contributed by atoms with van der Waals surface area (Å²) >= 11 is 1.27. The summed E-state index contributed by atoms with van der Waals surface area (Å²) in [5.41, 5.74) is 1.26. The Hall–Kier alpha value is -2.22. The van der Waals surface area contributed by atoms with Crippen LogP contribution in [0.3, 0.4) is 0 Å². The molecule has 2 N–H and O–H groups in total. The molecule has 0 saturated carbocycles. The molecule has 0 amide bonds. The molecular weight excluding hydrogens is 328 g/mol. The Morgan fingerprint density at radius 3 is 2.75 bits per heavy atom. The molecule has 7 nitrogen and oxygen atoms in total. The maximum Gasteiger partial charge on any atom is 0.319 e. The molecule has 1 atom stereocenters. The van der Waals surface area contributed by atoms with Gasteiger partial charge in [0.25, 0.3) is 0 Å². The summed E-state index contributed by atoms with van der Waals surface area (Å²) in [6.07, 6.45) is 0.657. The molecule has 1 saturated heterocycles. The van der Waals surface area contributed by atoms with Crippen molar-refractivity contribution in [2.45, 2.75) is 43.2 Å². The smallest absolute Gasteiger partial charge is 0.319 e. The number of nitrogens with two attached hydrogens (primary N) is 1. The fourth-order valence-corrected chi connectivity index (χ4v) is 3.23. The normalized spacial score (nSPS) is 17.3. The number of carbonyl (C=O) groups is 1. The molecule has 128 valence electrons. The summed E-state index contributed by atoms with van der Waals surface area (Å²) in [6.45, 7) is 4.94. The van der Waals surface area contributed by atoms with Gasteiger partial charge in [-0.15, -0.1) is 10.2 Å². The van der Waals surface area contributed by atoms with Crippen LogP contribution in [0.1, 0.15) is 37.6 Å². The predicted octanol–water partition coefficient (Wildman–Crippen LogP) is 2.10. The Morgan fingerprint density at radius 2 is 2.12 bits per heavy atom. The number of benzene rings is 1. The number of rotatable bonds is 6. The van der Waals surface area contributed by atoms with Crippen LogP contribution in [0, 0.1) is 0 Å². The van der Waals surface area contributed by atoms with E-state index >= 15 is 0 Å². The van der Waals surface area contributed by atoms with Crippen molar-refractivity contribution < 1.29 is 14.3 Å². The highest BCUT2D eigenvalue weighted by molar-refractivity contribution is 8.00. The standard InChI is InChI=1S/C16H20N4O3S/c1-10(2)11-3-5-12(6-4-11)23-9-14-18-19-16(20(14)17)24-13-7-8-22-15(13)21/h3-6,10,13H,7-9,17H2,1-2H3/t13-/m0/s1. The third-order valence-corrected chi connectivity index (χ3v) is 4.99. The molecule has 1 aliphatic heterocycles. The zero-order chi connectivity index (χ0) is 17.1. The molecule has 24 heavy (non-hydrogen) atoms. The summed E-state index contributed by atoms with van der Waals surface area (Å²) in [5.74, 6) is 7.49. The quantitative estimate of drug-likeness (QED) is 0.631. The lowest BCUT2D eigenvalue weighted by Gasteiger charge is -2.09. The summed E-state index contributed by atoms with van der Waals surface area (Å²) in [5, 5.41) is 8.27. The predicted molar refractivity (Wildman–Crippen MR) is 90.3 cm³/mol. The van der Waals surface area contributed by atoms with E-state index in [9.17, 15) is 4.79 Å². The van der Waals surface area contributed by atoms with Gasteiger partial charge in [-0.25, -0.2) is 4.68 Å². The zero-order valence-corrected chi connectivity index (χ0v) is 14.5. The van der Waals surface area contributed by atoms with Crippen LogP contribution in [0.2, 0.25) is 0 Å². The third-order valence-electron chi connectivity index (χ3n) is 3.78. The number of hydrogen-bond acceptors (Lipinski definition) is 7. The van der Waals surface area contributed by atoms with Gasteiger partial charge in [0.15, 0.2) is 5.82 Å². The van der Waals surface area contributed by atoms with E-state index in [1.54, 1.807) is 0 Å². The summed E-state index contributed by atoms with van der Waals surface area (Å²) in [6, 6.07) is 7.94. The summed E-state index contributed by atoms with van der Waals surface area (Å²) in [7, 11) is 0. The number of aromatic nitrogens is 3. The Bertz CT molecular complexity index is 715. The van der Waals surface area contributed by atoms with Crippen molar-refractivity contribution in [3.63, 3.8) is 0 Å². The molecule has 0 aliphatic carbocycles. The van der Waals surface area contributed by atoms with Crippen molar-refractivity contribution in [1.82, 2.24) is 14.9 Å². The van der Waals surface area contributed by atoms with Gasteiger partial charge in [-0.1, -0.05) is 37.7 Å². The van der Waals surface area contributed by atoms with E-state index in [0.29, 0.717) is 29.9 Å². The van der Waals surface area contributed by atoms with Gasteiger partial charge in [-0.2, -0.15) is 0 Å². The van der Waals surface area contributed by atoms with Gasteiger partial charge in [0, 0.05) is 6.42 Å². The van der Waals surface area contributed by atoms with E-state index < -0.39 is 0 Å². The second-order valence-electron chi connectivity index (χ2n) is 5.84. The number of nitrogen functional groups attached to an aromatic ring is 1. The first-order chi connectivity index (χ1) is 11.5. The maximum atomic E-state index is 11.5. The first-order valence-electron chi connectivity index (χ1n) is 7.80. The van der Waals surface area contributed by atoms with E-state index in [1.807, 2.05) is 24.3 Å². The van der Waals surface area contributed by atoms with Gasteiger partial charge in [-0.05, 0) is 23.6 Å². The highest BCUT2D eigenvalue weighted by Crippen LogP contribution is 2.28. The topological polar surface area (TPSA) is 92.3 Å². The number of cyclic esters (lactones) is 1. The minimum atomic E-state index is -0.270. The molecule has 2 aromatic rings. The van der Waals surface area contributed by atoms with E-state index in [-0.39, 0.29) is 17.8 Å². The van der Waals surface area contributed by atoms with Gasteiger partial charge < -0.3 is 15.3 Å². The first kappa shape index (κ1) is 16.6. The van der Waals surface area contributed by atoms with Crippen molar-refractivity contribution in [2.24, 2.45) is 0 Å². The highest BCUT2D eigenvalue weighted by atomic mass is 32.2. The minimum Gasteiger partial charge on any atom is -0.486 e. The van der Waals surface area contributed by atoms with Crippen LogP contribution in [-0.4, -0.2) is 32.7 Å². The van der Waals surface area contributed by atoms with E-state index in [4.69, 9.17) is 15.3 Å². The average molecular weight is 348 g/mol. The summed E-state index contributed by atoms with van der Waals surface area (Å²) in [4.78, 5) is 11.5. The number of carbonyl (C=O) groups excluding carboxylic acids is 1. The van der Waals surface area contributed by atoms with Gasteiger partial charge >= 0.3 is 5.97 Å². The number of thioether (sulfide) groups is 1. The van der Waals surface area contributed by atoms with Crippen LogP contribution in [0.4, 0.5) is 0 Å². The van der Waals surface area contributed by atoms with Crippen LogP contribution in [-0.2, 0) is 16.1 Å². The fraction of sp³-hybridized carbons (Fsp3) is 0.438. The molecule has 3 rings (SSSR count). The molecule has 0 radical (unpaired) electrons.